The smallest absolute Gasteiger partial charge is 0.328 e. The fourth-order valence-electron chi connectivity index (χ4n) is 1.65. The molecule has 25 heavy (non-hydrogen) atoms. The molecule has 0 aromatic rings. The largest absolute Gasteiger partial charge is 0.478 e. The lowest BCUT2D eigenvalue weighted by Gasteiger charge is -2.12. The summed E-state index contributed by atoms with van der Waals surface area (Å²) in [5.41, 5.74) is 0. The van der Waals surface area contributed by atoms with Gasteiger partial charge in [0.25, 0.3) is 11.8 Å². The molecule has 0 aromatic heterocycles. The van der Waals surface area contributed by atoms with Crippen LogP contribution in [0, 0.1) is 0 Å². The first-order valence-corrected chi connectivity index (χ1v) is 7.62. The first-order chi connectivity index (χ1) is 11.9. The number of carboxylic acids is 1. The summed E-state index contributed by atoms with van der Waals surface area (Å²) in [6.45, 7) is 2.06. The second-order valence-electron chi connectivity index (χ2n) is 4.82. The van der Waals surface area contributed by atoms with E-state index in [0.717, 1.165) is 12.2 Å². The van der Waals surface area contributed by atoms with Gasteiger partial charge in [-0.1, -0.05) is 0 Å². The van der Waals surface area contributed by atoms with Crippen LogP contribution in [0.5, 0.6) is 0 Å². The zero-order valence-corrected chi connectivity index (χ0v) is 14.4. The summed E-state index contributed by atoms with van der Waals surface area (Å²) in [7, 11) is 3.16. The number of carbonyl (C=O) groups excluding carboxylic acids is 3. The molecule has 9 heteroatoms. The van der Waals surface area contributed by atoms with Crippen molar-refractivity contribution < 1.29 is 33.8 Å². The molecule has 0 aliphatic carbocycles. The van der Waals surface area contributed by atoms with Crippen LogP contribution in [0.4, 0.5) is 0 Å². The highest BCUT2D eigenvalue weighted by atomic mass is 16.5. The van der Waals surface area contributed by atoms with Crippen LogP contribution in [-0.4, -0.2) is 74.2 Å². The van der Waals surface area contributed by atoms with Crippen molar-refractivity contribution in [1.82, 2.24) is 10.2 Å². The first-order valence-electron chi connectivity index (χ1n) is 7.62. The summed E-state index contributed by atoms with van der Waals surface area (Å²) in [5.74, 6) is -1.99. The molecule has 0 fully saturated rings. The van der Waals surface area contributed by atoms with Crippen LogP contribution < -0.4 is 5.32 Å². The summed E-state index contributed by atoms with van der Waals surface area (Å²) >= 11 is 0. The quantitative estimate of drug-likeness (QED) is 0.314. The van der Waals surface area contributed by atoms with Gasteiger partial charge in [0.1, 0.15) is 0 Å². The topological polar surface area (TPSA) is 122 Å². The van der Waals surface area contributed by atoms with E-state index in [1.165, 1.54) is 17.1 Å². The predicted octanol–water partition coefficient (Wildman–Crippen LogP) is -0.272. The van der Waals surface area contributed by atoms with Crippen molar-refractivity contribution in [2.75, 3.05) is 40.5 Å². The molecule has 2 N–H and O–H groups in total. The maximum atomic E-state index is 11.0. The van der Waals surface area contributed by atoms with Gasteiger partial charge in [-0.05, 0) is 12.8 Å². The van der Waals surface area contributed by atoms with Crippen LogP contribution in [0.25, 0.3) is 0 Å². The van der Waals surface area contributed by atoms with Crippen molar-refractivity contribution in [1.29, 1.82) is 0 Å². The lowest BCUT2D eigenvalue weighted by atomic mass is 10.4. The number of hydrogen-bond donors (Lipinski definition) is 2. The number of carboxylic acid groups (broad SMARTS) is 1. The van der Waals surface area contributed by atoms with Crippen molar-refractivity contribution >= 4 is 23.7 Å². The molecule has 0 spiro atoms. The number of methoxy groups -OCH3 is 2. The lowest BCUT2D eigenvalue weighted by Crippen LogP contribution is -2.31. The normalized spacial score (nSPS) is 13.1. The Hall–Kier alpha value is -2.52. The van der Waals surface area contributed by atoms with Crippen LogP contribution in [0.3, 0.4) is 0 Å². The van der Waals surface area contributed by atoms with Gasteiger partial charge in [0.15, 0.2) is 0 Å². The molecule has 0 bridgehead atoms. The van der Waals surface area contributed by atoms with Gasteiger partial charge in [0.2, 0.25) is 5.91 Å². The van der Waals surface area contributed by atoms with Crippen LogP contribution in [0.15, 0.2) is 24.3 Å². The van der Waals surface area contributed by atoms with E-state index in [1.54, 1.807) is 14.2 Å². The number of aliphatic carboxylic acids is 1. The number of carbonyl (C=O) groups is 4. The Morgan fingerprint density at radius 1 is 1.08 bits per heavy atom. The number of hydrogen-bond acceptors (Lipinski definition) is 6. The molecule has 0 saturated carbocycles. The molecule has 0 saturated heterocycles. The second kappa shape index (κ2) is 13.9. The SMILES string of the molecule is COCCCN1C(=O)C=CC1=O.COCCCNC(=O)C=CC(=O)O. The number of amides is 3. The summed E-state index contributed by atoms with van der Waals surface area (Å²) < 4.78 is 9.56. The zero-order chi connectivity index (χ0) is 19.1. The standard InChI is InChI=1S/C8H13NO4.C8H11NO3/c1-13-6-2-5-9-7(10)3-4-8(11)12;1-12-6-2-5-9-7(10)3-4-8(9)11/h3-4H,2,5-6H2,1H3,(H,9,10)(H,11,12);3-4H,2,5-6H2,1H3. The van der Waals surface area contributed by atoms with Crippen molar-refractivity contribution in [3.05, 3.63) is 24.3 Å². The number of ether oxygens (including phenoxy) is 2. The van der Waals surface area contributed by atoms with E-state index < -0.39 is 11.9 Å². The van der Waals surface area contributed by atoms with Gasteiger partial charge in [-0.15, -0.1) is 0 Å². The molecule has 0 unspecified atom stereocenters. The Morgan fingerprint density at radius 3 is 2.16 bits per heavy atom. The molecule has 0 atom stereocenters. The molecule has 1 aliphatic heterocycles. The molecule has 9 nitrogen and oxygen atoms in total. The maximum Gasteiger partial charge on any atom is 0.328 e. The molecular formula is C16H24N2O7. The molecule has 0 radical (unpaired) electrons. The van der Waals surface area contributed by atoms with E-state index in [9.17, 15) is 19.2 Å². The van der Waals surface area contributed by atoms with Crippen molar-refractivity contribution in [2.45, 2.75) is 12.8 Å². The van der Waals surface area contributed by atoms with E-state index in [4.69, 9.17) is 14.6 Å². The van der Waals surface area contributed by atoms with Crippen molar-refractivity contribution in [2.24, 2.45) is 0 Å². The molecule has 0 aromatic carbocycles. The molecule has 1 heterocycles. The third kappa shape index (κ3) is 11.6. The maximum absolute atomic E-state index is 11.0. The van der Waals surface area contributed by atoms with Crippen LogP contribution in [0.1, 0.15) is 12.8 Å². The summed E-state index contributed by atoms with van der Waals surface area (Å²) in [4.78, 5) is 43.9. The highest BCUT2D eigenvalue weighted by Gasteiger charge is 2.21. The Kier molecular flexibility index (Phi) is 12.5. The van der Waals surface area contributed by atoms with E-state index in [1.807, 2.05) is 0 Å². The third-order valence-electron chi connectivity index (χ3n) is 2.83. The van der Waals surface area contributed by atoms with Gasteiger partial charge in [-0.2, -0.15) is 0 Å². The summed E-state index contributed by atoms with van der Waals surface area (Å²) in [5, 5.41) is 10.7. The minimum atomic E-state index is -1.13. The Balaban J connectivity index is 0.000000462. The minimum Gasteiger partial charge on any atom is -0.478 e. The number of rotatable bonds is 10. The minimum absolute atomic E-state index is 0.226. The van der Waals surface area contributed by atoms with Gasteiger partial charge >= 0.3 is 5.97 Å². The average molecular weight is 356 g/mol. The lowest BCUT2D eigenvalue weighted by molar-refractivity contribution is -0.137. The predicted molar refractivity (Wildman–Crippen MR) is 88.6 cm³/mol. The van der Waals surface area contributed by atoms with Gasteiger partial charge in [-0.25, -0.2) is 4.79 Å². The van der Waals surface area contributed by atoms with E-state index in [0.29, 0.717) is 39.1 Å². The fraction of sp³-hybridized carbons (Fsp3) is 0.500. The Labute approximate surface area is 146 Å². The zero-order valence-electron chi connectivity index (χ0n) is 14.4. The van der Waals surface area contributed by atoms with Crippen molar-refractivity contribution in [3.63, 3.8) is 0 Å². The number of nitrogens with zero attached hydrogens (tertiary/aromatic N) is 1. The molecular weight excluding hydrogens is 332 g/mol. The van der Waals surface area contributed by atoms with Crippen LogP contribution in [0.2, 0.25) is 0 Å². The third-order valence-corrected chi connectivity index (χ3v) is 2.83. The summed E-state index contributed by atoms with van der Waals surface area (Å²) in [6, 6.07) is 0. The van der Waals surface area contributed by atoms with Crippen molar-refractivity contribution in [3.8, 4) is 0 Å². The van der Waals surface area contributed by atoms with Gasteiger partial charge in [0.05, 0.1) is 0 Å². The van der Waals surface area contributed by atoms with E-state index >= 15 is 0 Å². The van der Waals surface area contributed by atoms with E-state index in [-0.39, 0.29) is 11.8 Å². The highest BCUT2D eigenvalue weighted by Crippen LogP contribution is 2.03. The van der Waals surface area contributed by atoms with Gasteiger partial charge in [-0.3, -0.25) is 19.3 Å². The Bertz CT molecular complexity index is 497. The fourth-order valence-corrected chi connectivity index (χ4v) is 1.65. The highest BCUT2D eigenvalue weighted by molar-refractivity contribution is 6.12. The Morgan fingerprint density at radius 2 is 1.64 bits per heavy atom. The van der Waals surface area contributed by atoms with Gasteiger partial charge in [0, 0.05) is 64.8 Å². The van der Waals surface area contributed by atoms with E-state index in [2.05, 4.69) is 5.32 Å². The molecule has 1 rings (SSSR count). The molecule has 3 amide bonds. The molecule has 1 aliphatic rings. The summed E-state index contributed by atoms with van der Waals surface area (Å²) in [6.07, 6.45) is 5.75. The number of nitrogens with one attached hydrogen (secondary N) is 1. The van der Waals surface area contributed by atoms with Crippen LogP contribution >= 0.6 is 0 Å². The monoisotopic (exact) mass is 356 g/mol. The second-order valence-corrected chi connectivity index (χ2v) is 4.82. The molecule has 140 valence electrons. The number of imide groups is 1. The van der Waals surface area contributed by atoms with Gasteiger partial charge < -0.3 is 19.9 Å². The first kappa shape index (κ1) is 22.5. The average Bonchev–Trinajstić information content (AvgIpc) is 2.89. The van der Waals surface area contributed by atoms with Crippen LogP contribution in [-0.2, 0) is 28.7 Å².